The first kappa shape index (κ1) is 16.1. The summed E-state index contributed by atoms with van der Waals surface area (Å²) in [6, 6.07) is 6.34. The summed E-state index contributed by atoms with van der Waals surface area (Å²) in [4.78, 5) is 16.6. The Morgan fingerprint density at radius 3 is 3.00 bits per heavy atom. The van der Waals surface area contributed by atoms with E-state index >= 15 is 0 Å². The van der Waals surface area contributed by atoms with Crippen LogP contribution in [0.4, 0.5) is 4.39 Å². The van der Waals surface area contributed by atoms with E-state index in [0.717, 1.165) is 18.4 Å². The Kier molecular flexibility index (Phi) is 5.03. The molecule has 1 heterocycles. The van der Waals surface area contributed by atoms with Crippen molar-refractivity contribution in [1.82, 2.24) is 10.3 Å². The molecule has 1 aliphatic carbocycles. The zero-order valence-electron chi connectivity index (χ0n) is 12.7. The zero-order chi connectivity index (χ0) is 16.2. The molecule has 1 aromatic heterocycles. The number of benzene rings is 1. The minimum Gasteiger partial charge on any atom is -0.396 e. The molecule has 1 unspecified atom stereocenters. The van der Waals surface area contributed by atoms with Crippen LogP contribution < -0.4 is 5.32 Å². The highest BCUT2D eigenvalue weighted by Crippen LogP contribution is 2.34. The lowest BCUT2D eigenvalue weighted by Crippen LogP contribution is -2.38. The van der Waals surface area contributed by atoms with Crippen molar-refractivity contribution in [3.63, 3.8) is 0 Å². The number of carbonyl (C=O) groups is 1. The Morgan fingerprint density at radius 2 is 2.30 bits per heavy atom. The molecule has 4 nitrogen and oxygen atoms in total. The highest BCUT2D eigenvalue weighted by Gasteiger charge is 2.31. The van der Waals surface area contributed by atoms with Crippen LogP contribution in [-0.2, 0) is 11.2 Å². The fourth-order valence-electron chi connectivity index (χ4n) is 2.63. The summed E-state index contributed by atoms with van der Waals surface area (Å²) in [6.45, 7) is 0.0852. The van der Waals surface area contributed by atoms with E-state index in [1.807, 2.05) is 5.38 Å². The first-order valence-corrected chi connectivity index (χ1v) is 8.64. The van der Waals surface area contributed by atoms with Crippen molar-refractivity contribution >= 4 is 17.2 Å². The number of aliphatic hydroxyl groups is 1. The molecular weight excluding hydrogens is 315 g/mol. The Hall–Kier alpha value is -1.79. The number of hydrogen-bond acceptors (Lipinski definition) is 4. The van der Waals surface area contributed by atoms with E-state index in [1.54, 1.807) is 12.1 Å². The summed E-state index contributed by atoms with van der Waals surface area (Å²) in [5.41, 5.74) is 1.41. The van der Waals surface area contributed by atoms with E-state index in [9.17, 15) is 9.18 Å². The zero-order valence-corrected chi connectivity index (χ0v) is 13.5. The number of rotatable bonds is 7. The van der Waals surface area contributed by atoms with Gasteiger partial charge in [0.05, 0.1) is 12.1 Å². The van der Waals surface area contributed by atoms with Crippen LogP contribution in [0.5, 0.6) is 0 Å². The van der Waals surface area contributed by atoms with Crippen LogP contribution in [0.15, 0.2) is 29.6 Å². The van der Waals surface area contributed by atoms with E-state index < -0.39 is 0 Å². The van der Waals surface area contributed by atoms with E-state index in [0.29, 0.717) is 23.0 Å². The summed E-state index contributed by atoms with van der Waals surface area (Å²) in [6.07, 6.45) is 3.04. The van der Waals surface area contributed by atoms with Crippen molar-refractivity contribution in [3.8, 4) is 10.6 Å². The van der Waals surface area contributed by atoms with Crippen LogP contribution in [-0.4, -0.2) is 28.6 Å². The van der Waals surface area contributed by atoms with Crippen LogP contribution >= 0.6 is 11.3 Å². The van der Waals surface area contributed by atoms with Crippen molar-refractivity contribution in [1.29, 1.82) is 0 Å². The average Bonchev–Trinajstić information content (AvgIpc) is 3.27. The second-order valence-electron chi connectivity index (χ2n) is 5.85. The topological polar surface area (TPSA) is 62.2 Å². The second kappa shape index (κ2) is 7.19. The van der Waals surface area contributed by atoms with Crippen molar-refractivity contribution in [2.45, 2.75) is 31.7 Å². The van der Waals surface area contributed by atoms with Crippen LogP contribution in [0.2, 0.25) is 0 Å². The summed E-state index contributed by atoms with van der Waals surface area (Å²) in [7, 11) is 0. The molecule has 1 fully saturated rings. The Balaban J connectivity index is 1.61. The fourth-order valence-corrected chi connectivity index (χ4v) is 3.44. The van der Waals surface area contributed by atoms with Gasteiger partial charge >= 0.3 is 0 Å². The molecule has 122 valence electrons. The molecule has 0 radical (unpaired) electrons. The Morgan fingerprint density at radius 1 is 1.48 bits per heavy atom. The van der Waals surface area contributed by atoms with Crippen LogP contribution in [0.25, 0.3) is 10.6 Å². The fraction of sp³-hybridized carbons (Fsp3) is 0.412. The van der Waals surface area contributed by atoms with Gasteiger partial charge in [0.25, 0.3) is 0 Å². The maximum Gasteiger partial charge on any atom is 0.226 e. The predicted molar refractivity (Wildman–Crippen MR) is 87.6 cm³/mol. The molecule has 1 atom stereocenters. The summed E-state index contributed by atoms with van der Waals surface area (Å²) >= 11 is 1.40. The summed E-state index contributed by atoms with van der Waals surface area (Å²) in [5, 5.41) is 14.6. The number of halogens is 1. The highest BCUT2D eigenvalue weighted by molar-refractivity contribution is 7.13. The SMILES string of the molecule is O=C(Cc1csc(-c2cccc(F)c2)n1)NC(CCO)C1CC1. The molecule has 0 bridgehead atoms. The minimum absolute atomic E-state index is 0.0637. The number of hydrogen-bond donors (Lipinski definition) is 2. The van der Waals surface area contributed by atoms with Gasteiger partial charge in [-0.2, -0.15) is 0 Å². The third kappa shape index (κ3) is 4.36. The predicted octanol–water partition coefficient (Wildman–Crippen LogP) is 2.77. The largest absolute Gasteiger partial charge is 0.396 e. The lowest BCUT2D eigenvalue weighted by Gasteiger charge is -2.16. The highest BCUT2D eigenvalue weighted by atomic mass is 32.1. The minimum atomic E-state index is -0.298. The number of aromatic nitrogens is 1. The smallest absolute Gasteiger partial charge is 0.226 e. The Labute approximate surface area is 138 Å². The van der Waals surface area contributed by atoms with Gasteiger partial charge in [0.1, 0.15) is 10.8 Å². The van der Waals surface area contributed by atoms with Gasteiger partial charge in [-0.3, -0.25) is 4.79 Å². The number of thiazole rings is 1. The third-order valence-corrected chi connectivity index (χ3v) is 4.88. The first-order chi connectivity index (χ1) is 11.2. The van der Waals surface area contributed by atoms with Gasteiger partial charge in [0.15, 0.2) is 0 Å². The van der Waals surface area contributed by atoms with Gasteiger partial charge in [0, 0.05) is 23.6 Å². The monoisotopic (exact) mass is 334 g/mol. The van der Waals surface area contributed by atoms with E-state index in [-0.39, 0.29) is 30.8 Å². The average molecular weight is 334 g/mol. The van der Waals surface area contributed by atoms with Crippen LogP contribution in [0, 0.1) is 11.7 Å². The maximum atomic E-state index is 13.3. The van der Waals surface area contributed by atoms with Gasteiger partial charge in [-0.1, -0.05) is 12.1 Å². The molecule has 23 heavy (non-hydrogen) atoms. The molecule has 6 heteroatoms. The van der Waals surface area contributed by atoms with Gasteiger partial charge in [0.2, 0.25) is 5.91 Å². The van der Waals surface area contributed by atoms with Gasteiger partial charge in [-0.25, -0.2) is 9.37 Å². The standard InChI is InChI=1S/C17H19FN2O2S/c18-13-3-1-2-12(8-13)17-19-14(10-23-17)9-16(22)20-15(6-7-21)11-4-5-11/h1-3,8,10-11,15,21H,4-7,9H2,(H,20,22). The van der Waals surface area contributed by atoms with Gasteiger partial charge < -0.3 is 10.4 Å². The van der Waals surface area contributed by atoms with Crippen molar-refractivity contribution in [2.24, 2.45) is 5.92 Å². The molecule has 0 spiro atoms. The normalized spacial score (nSPS) is 15.4. The molecule has 1 aromatic carbocycles. The van der Waals surface area contributed by atoms with E-state index in [2.05, 4.69) is 10.3 Å². The number of amides is 1. The number of nitrogens with one attached hydrogen (secondary N) is 1. The third-order valence-electron chi connectivity index (χ3n) is 3.94. The molecular formula is C17H19FN2O2S. The summed E-state index contributed by atoms with van der Waals surface area (Å²) in [5.74, 6) is 0.129. The number of carbonyl (C=O) groups excluding carboxylic acids is 1. The quantitative estimate of drug-likeness (QED) is 0.818. The van der Waals surface area contributed by atoms with Gasteiger partial charge in [-0.05, 0) is 37.3 Å². The molecule has 3 rings (SSSR count). The van der Waals surface area contributed by atoms with Crippen LogP contribution in [0.1, 0.15) is 25.0 Å². The molecule has 1 saturated carbocycles. The lowest BCUT2D eigenvalue weighted by atomic mass is 10.1. The van der Waals surface area contributed by atoms with Crippen molar-refractivity contribution < 1.29 is 14.3 Å². The molecule has 0 aliphatic heterocycles. The second-order valence-corrected chi connectivity index (χ2v) is 6.71. The number of nitrogens with zero attached hydrogens (tertiary/aromatic N) is 1. The summed E-state index contributed by atoms with van der Waals surface area (Å²) < 4.78 is 13.3. The molecule has 0 saturated heterocycles. The molecule has 2 aromatic rings. The lowest BCUT2D eigenvalue weighted by molar-refractivity contribution is -0.121. The molecule has 2 N–H and O–H groups in total. The molecule has 1 aliphatic rings. The van der Waals surface area contributed by atoms with Crippen molar-refractivity contribution in [2.75, 3.05) is 6.61 Å². The van der Waals surface area contributed by atoms with E-state index in [4.69, 9.17) is 5.11 Å². The molecule has 1 amide bonds. The van der Waals surface area contributed by atoms with Crippen molar-refractivity contribution in [3.05, 3.63) is 41.2 Å². The first-order valence-electron chi connectivity index (χ1n) is 7.76. The van der Waals surface area contributed by atoms with Crippen LogP contribution in [0.3, 0.4) is 0 Å². The Bertz CT molecular complexity index is 685. The number of aliphatic hydroxyl groups excluding tert-OH is 1. The van der Waals surface area contributed by atoms with Gasteiger partial charge in [-0.15, -0.1) is 11.3 Å². The van der Waals surface area contributed by atoms with E-state index in [1.165, 1.54) is 23.5 Å². The maximum absolute atomic E-state index is 13.3.